The lowest BCUT2D eigenvalue weighted by atomic mass is 10.1. The Labute approximate surface area is 120 Å². The van der Waals surface area contributed by atoms with Crippen LogP contribution in [0.3, 0.4) is 0 Å². The van der Waals surface area contributed by atoms with Gasteiger partial charge in [0, 0.05) is 37.6 Å². The molecule has 0 aliphatic rings. The van der Waals surface area contributed by atoms with E-state index in [1.165, 1.54) is 18.2 Å². The van der Waals surface area contributed by atoms with E-state index in [9.17, 15) is 14.9 Å². The number of amides is 1. The van der Waals surface area contributed by atoms with Crippen molar-refractivity contribution in [3.05, 3.63) is 51.8 Å². The van der Waals surface area contributed by atoms with Gasteiger partial charge in [0.05, 0.1) is 16.7 Å². The average molecular weight is 289 g/mol. The number of anilines is 1. The lowest BCUT2D eigenvalue weighted by Gasteiger charge is -2.06. The minimum absolute atomic E-state index is 0.107. The number of nitro groups is 1. The Morgan fingerprint density at radius 3 is 2.90 bits per heavy atom. The van der Waals surface area contributed by atoms with Crippen molar-refractivity contribution in [2.24, 2.45) is 7.05 Å². The molecule has 1 aromatic heterocycles. The highest BCUT2D eigenvalue weighted by atomic mass is 16.6. The molecule has 2 rings (SSSR count). The van der Waals surface area contributed by atoms with Crippen LogP contribution in [0.5, 0.6) is 0 Å². The summed E-state index contributed by atoms with van der Waals surface area (Å²) in [5.41, 5.74) is 6.82. The maximum atomic E-state index is 12.0. The predicted molar refractivity (Wildman–Crippen MR) is 76.8 cm³/mol. The molecule has 0 bridgehead atoms. The third kappa shape index (κ3) is 3.56. The third-order valence-electron chi connectivity index (χ3n) is 2.95. The molecule has 0 aliphatic heterocycles. The Morgan fingerprint density at radius 2 is 2.29 bits per heavy atom. The molecule has 8 nitrogen and oxygen atoms in total. The zero-order valence-corrected chi connectivity index (χ0v) is 11.4. The van der Waals surface area contributed by atoms with Crippen LogP contribution in [0.2, 0.25) is 0 Å². The summed E-state index contributed by atoms with van der Waals surface area (Å²) in [6, 6.07) is 3.80. The number of nitrogens with two attached hydrogens (primary N) is 1. The molecule has 1 amide bonds. The van der Waals surface area contributed by atoms with Gasteiger partial charge in [0.2, 0.25) is 0 Å². The number of hydrogen-bond donors (Lipinski definition) is 2. The number of nitrogens with one attached hydrogen (secondary N) is 1. The zero-order valence-electron chi connectivity index (χ0n) is 11.4. The van der Waals surface area contributed by atoms with Crippen LogP contribution in [0, 0.1) is 10.1 Å². The minimum atomic E-state index is -0.564. The summed E-state index contributed by atoms with van der Waals surface area (Å²) < 4.78 is 1.68. The molecule has 3 N–H and O–H groups in total. The average Bonchev–Trinajstić information content (AvgIpc) is 2.84. The van der Waals surface area contributed by atoms with Gasteiger partial charge >= 0.3 is 0 Å². The molecule has 21 heavy (non-hydrogen) atoms. The first kappa shape index (κ1) is 14.5. The summed E-state index contributed by atoms with van der Waals surface area (Å²) in [5.74, 6) is -0.430. The molecule has 0 atom stereocenters. The van der Waals surface area contributed by atoms with Crippen LogP contribution in [-0.4, -0.2) is 27.2 Å². The fourth-order valence-electron chi connectivity index (χ4n) is 1.87. The van der Waals surface area contributed by atoms with E-state index in [1.807, 2.05) is 13.2 Å². The number of benzene rings is 1. The Morgan fingerprint density at radius 1 is 1.52 bits per heavy atom. The van der Waals surface area contributed by atoms with Crippen molar-refractivity contribution in [3.8, 4) is 0 Å². The van der Waals surface area contributed by atoms with Crippen LogP contribution in [0.15, 0.2) is 30.6 Å². The lowest BCUT2D eigenvalue weighted by Crippen LogP contribution is -2.26. The molecule has 2 aromatic rings. The molecule has 1 heterocycles. The van der Waals surface area contributed by atoms with Crippen LogP contribution in [0.25, 0.3) is 0 Å². The second-order valence-electron chi connectivity index (χ2n) is 4.56. The molecule has 0 aliphatic carbocycles. The molecule has 0 spiro atoms. The van der Waals surface area contributed by atoms with E-state index >= 15 is 0 Å². The van der Waals surface area contributed by atoms with Crippen LogP contribution < -0.4 is 11.1 Å². The number of aryl methyl sites for hydroxylation is 1. The highest BCUT2D eigenvalue weighted by molar-refractivity contribution is 5.99. The van der Waals surface area contributed by atoms with Gasteiger partial charge in [0.15, 0.2) is 0 Å². The van der Waals surface area contributed by atoms with E-state index in [4.69, 9.17) is 5.73 Å². The number of rotatable bonds is 5. The monoisotopic (exact) mass is 289 g/mol. The SMILES string of the molecule is Cn1cc(CCNC(=O)c2cc([N+](=O)[O-])ccc2N)cn1. The van der Waals surface area contributed by atoms with Gasteiger partial charge in [-0.1, -0.05) is 0 Å². The Balaban J connectivity index is 1.99. The van der Waals surface area contributed by atoms with Crippen molar-refractivity contribution in [2.75, 3.05) is 12.3 Å². The van der Waals surface area contributed by atoms with E-state index in [2.05, 4.69) is 10.4 Å². The van der Waals surface area contributed by atoms with Gasteiger partial charge in [-0.05, 0) is 18.1 Å². The molecule has 0 radical (unpaired) electrons. The Bertz CT molecular complexity index is 680. The van der Waals surface area contributed by atoms with E-state index in [1.54, 1.807) is 10.9 Å². The maximum absolute atomic E-state index is 12.0. The summed E-state index contributed by atoms with van der Waals surface area (Å²) >= 11 is 0. The van der Waals surface area contributed by atoms with Gasteiger partial charge in [0.25, 0.3) is 11.6 Å². The molecule has 8 heteroatoms. The van der Waals surface area contributed by atoms with Gasteiger partial charge in [-0.3, -0.25) is 19.6 Å². The number of nitro benzene ring substituents is 1. The van der Waals surface area contributed by atoms with Gasteiger partial charge < -0.3 is 11.1 Å². The van der Waals surface area contributed by atoms with Crippen molar-refractivity contribution >= 4 is 17.3 Å². The second-order valence-corrected chi connectivity index (χ2v) is 4.56. The van der Waals surface area contributed by atoms with Crippen molar-refractivity contribution in [1.82, 2.24) is 15.1 Å². The lowest BCUT2D eigenvalue weighted by molar-refractivity contribution is -0.384. The van der Waals surface area contributed by atoms with Gasteiger partial charge in [-0.2, -0.15) is 5.10 Å². The normalized spacial score (nSPS) is 10.3. The molecule has 0 unspecified atom stereocenters. The van der Waals surface area contributed by atoms with Crippen LogP contribution in [-0.2, 0) is 13.5 Å². The summed E-state index contributed by atoms with van der Waals surface area (Å²) in [6.07, 6.45) is 4.19. The summed E-state index contributed by atoms with van der Waals surface area (Å²) in [4.78, 5) is 22.1. The first-order chi connectivity index (χ1) is 9.97. The smallest absolute Gasteiger partial charge is 0.270 e. The number of nitrogen functional groups attached to an aromatic ring is 1. The van der Waals surface area contributed by atoms with Crippen molar-refractivity contribution in [2.45, 2.75) is 6.42 Å². The topological polar surface area (TPSA) is 116 Å². The second kappa shape index (κ2) is 6.04. The van der Waals surface area contributed by atoms with E-state index in [-0.39, 0.29) is 16.9 Å². The summed E-state index contributed by atoms with van der Waals surface area (Å²) in [6.45, 7) is 0.395. The van der Waals surface area contributed by atoms with E-state index < -0.39 is 10.8 Å². The number of nitrogens with zero attached hydrogens (tertiary/aromatic N) is 3. The van der Waals surface area contributed by atoms with Crippen molar-refractivity contribution in [1.29, 1.82) is 0 Å². The quantitative estimate of drug-likeness (QED) is 0.481. The zero-order chi connectivity index (χ0) is 15.4. The van der Waals surface area contributed by atoms with Gasteiger partial charge in [0.1, 0.15) is 0 Å². The number of carbonyl (C=O) groups excluding carboxylic acids is 1. The largest absolute Gasteiger partial charge is 0.398 e. The maximum Gasteiger partial charge on any atom is 0.270 e. The molecule has 0 fully saturated rings. The first-order valence-electron chi connectivity index (χ1n) is 6.27. The van der Waals surface area contributed by atoms with Crippen molar-refractivity contribution in [3.63, 3.8) is 0 Å². The van der Waals surface area contributed by atoms with Crippen LogP contribution in [0.1, 0.15) is 15.9 Å². The third-order valence-corrected chi connectivity index (χ3v) is 2.95. The molecular weight excluding hydrogens is 274 g/mol. The minimum Gasteiger partial charge on any atom is -0.398 e. The Hall–Kier alpha value is -2.90. The number of carbonyl (C=O) groups is 1. The molecule has 0 saturated heterocycles. The predicted octanol–water partition coefficient (Wildman–Crippen LogP) is 0.883. The number of non-ortho nitro benzene ring substituents is 1. The molecule has 110 valence electrons. The summed E-state index contributed by atoms with van der Waals surface area (Å²) in [7, 11) is 1.81. The highest BCUT2D eigenvalue weighted by Crippen LogP contribution is 2.19. The fourth-order valence-corrected chi connectivity index (χ4v) is 1.87. The molecule has 0 saturated carbocycles. The number of aromatic nitrogens is 2. The molecular formula is C13H15N5O3. The summed E-state index contributed by atoms with van der Waals surface area (Å²) in [5, 5.41) is 17.4. The fraction of sp³-hybridized carbons (Fsp3) is 0.231. The Kier molecular flexibility index (Phi) is 4.17. The highest BCUT2D eigenvalue weighted by Gasteiger charge is 2.14. The van der Waals surface area contributed by atoms with Gasteiger partial charge in [-0.15, -0.1) is 0 Å². The van der Waals surface area contributed by atoms with Gasteiger partial charge in [-0.25, -0.2) is 0 Å². The van der Waals surface area contributed by atoms with Crippen LogP contribution >= 0.6 is 0 Å². The molecule has 1 aromatic carbocycles. The van der Waals surface area contributed by atoms with Crippen LogP contribution in [0.4, 0.5) is 11.4 Å². The standard InChI is InChI=1S/C13H15N5O3/c1-17-8-9(7-16-17)4-5-15-13(19)11-6-10(18(20)21)2-3-12(11)14/h2-3,6-8H,4-5,14H2,1H3,(H,15,19). The van der Waals surface area contributed by atoms with E-state index in [0.29, 0.717) is 13.0 Å². The number of hydrogen-bond acceptors (Lipinski definition) is 5. The van der Waals surface area contributed by atoms with E-state index in [0.717, 1.165) is 5.56 Å². The van der Waals surface area contributed by atoms with Crippen molar-refractivity contribution < 1.29 is 9.72 Å². The first-order valence-corrected chi connectivity index (χ1v) is 6.27.